The number of aryl methyl sites for hydroxylation is 1. The van der Waals surface area contributed by atoms with E-state index >= 15 is 0 Å². The lowest BCUT2D eigenvalue weighted by atomic mass is 10.0. The molecule has 1 nitrogen and oxygen atoms in total. The fourth-order valence-corrected chi connectivity index (χ4v) is 2.17. The molecule has 0 unspecified atom stereocenters. The first-order chi connectivity index (χ1) is 6.20. The van der Waals surface area contributed by atoms with E-state index in [0.717, 1.165) is 5.92 Å². The van der Waals surface area contributed by atoms with Gasteiger partial charge in [-0.05, 0) is 36.8 Å². The quantitative estimate of drug-likeness (QED) is 0.844. The molecule has 0 aliphatic heterocycles. The average Bonchev–Trinajstić information content (AvgIpc) is 2.91. The molecule has 2 heteroatoms. The van der Waals surface area contributed by atoms with E-state index in [2.05, 4.69) is 41.1 Å². The zero-order chi connectivity index (χ0) is 9.42. The summed E-state index contributed by atoms with van der Waals surface area (Å²) in [7, 11) is 0. The van der Waals surface area contributed by atoms with E-state index in [1.54, 1.807) is 0 Å². The van der Waals surface area contributed by atoms with Crippen LogP contribution in [-0.2, 0) is 0 Å². The summed E-state index contributed by atoms with van der Waals surface area (Å²) in [5.74, 6) is 0.720. The molecule has 0 radical (unpaired) electrons. The largest absolute Gasteiger partial charge is 0.324 e. The number of nitrogens with two attached hydrogens (primary N) is 1. The van der Waals surface area contributed by atoms with Crippen molar-refractivity contribution in [1.82, 2.24) is 0 Å². The third-order valence-corrected chi connectivity index (χ3v) is 3.79. The van der Waals surface area contributed by atoms with Crippen molar-refractivity contribution in [1.29, 1.82) is 0 Å². The highest BCUT2D eigenvalue weighted by atomic mass is 79.9. The molecule has 2 N–H and O–H groups in total. The number of halogens is 1. The Labute approximate surface area is 87.5 Å². The Balaban J connectivity index is 2.32. The van der Waals surface area contributed by atoms with Crippen LogP contribution in [0.4, 0.5) is 0 Å². The Kier molecular flexibility index (Phi) is 2.43. The van der Waals surface area contributed by atoms with Crippen LogP contribution in [0.2, 0.25) is 0 Å². The minimum Gasteiger partial charge on any atom is -0.324 e. The third kappa shape index (κ3) is 1.79. The highest BCUT2D eigenvalue weighted by molar-refractivity contribution is 9.10. The maximum atomic E-state index is 6.14. The fraction of sp³-hybridized carbons (Fsp3) is 0.455. The Morgan fingerprint density at radius 2 is 2.15 bits per heavy atom. The van der Waals surface area contributed by atoms with Crippen LogP contribution >= 0.6 is 15.9 Å². The molecule has 70 valence electrons. The molecular weight excluding hydrogens is 226 g/mol. The molecule has 0 bridgehead atoms. The zero-order valence-corrected chi connectivity index (χ0v) is 9.34. The Morgan fingerprint density at radius 3 is 2.77 bits per heavy atom. The van der Waals surface area contributed by atoms with Gasteiger partial charge in [-0.1, -0.05) is 34.1 Å². The molecule has 2 rings (SSSR count). The van der Waals surface area contributed by atoms with Gasteiger partial charge in [0.2, 0.25) is 0 Å². The van der Waals surface area contributed by atoms with Gasteiger partial charge < -0.3 is 5.73 Å². The Hall–Kier alpha value is -0.340. The van der Waals surface area contributed by atoms with Gasteiger partial charge in [0.1, 0.15) is 0 Å². The first-order valence-electron chi connectivity index (χ1n) is 4.70. The van der Waals surface area contributed by atoms with Crippen LogP contribution in [0.5, 0.6) is 0 Å². The molecule has 1 aromatic carbocycles. The minimum absolute atomic E-state index is 0.231. The van der Waals surface area contributed by atoms with Gasteiger partial charge in [0, 0.05) is 10.5 Å². The van der Waals surface area contributed by atoms with Crippen molar-refractivity contribution in [3.63, 3.8) is 0 Å². The SMILES string of the molecule is Cc1cccc([C@@H](N)C2CC2)c1Br. The maximum Gasteiger partial charge on any atom is 0.0334 e. The van der Waals surface area contributed by atoms with E-state index in [1.165, 1.54) is 28.4 Å². The Morgan fingerprint density at radius 1 is 1.46 bits per heavy atom. The van der Waals surface area contributed by atoms with Gasteiger partial charge in [0.15, 0.2) is 0 Å². The van der Waals surface area contributed by atoms with E-state index in [9.17, 15) is 0 Å². The smallest absolute Gasteiger partial charge is 0.0334 e. The lowest BCUT2D eigenvalue weighted by molar-refractivity contribution is 0.630. The summed E-state index contributed by atoms with van der Waals surface area (Å²) in [6.07, 6.45) is 2.59. The van der Waals surface area contributed by atoms with Crippen LogP contribution < -0.4 is 5.73 Å². The highest BCUT2D eigenvalue weighted by Crippen LogP contribution is 2.41. The predicted octanol–water partition coefficient (Wildman–Crippen LogP) is 3.17. The van der Waals surface area contributed by atoms with Crippen molar-refractivity contribution in [3.05, 3.63) is 33.8 Å². The van der Waals surface area contributed by atoms with Crippen LogP contribution in [0.25, 0.3) is 0 Å². The molecule has 0 spiro atoms. The van der Waals surface area contributed by atoms with Gasteiger partial charge in [0.05, 0.1) is 0 Å². The summed E-state index contributed by atoms with van der Waals surface area (Å²) in [6, 6.07) is 6.54. The molecule has 1 aliphatic carbocycles. The second-order valence-electron chi connectivity index (χ2n) is 3.84. The lowest BCUT2D eigenvalue weighted by Crippen LogP contribution is -2.13. The molecule has 0 amide bonds. The van der Waals surface area contributed by atoms with Gasteiger partial charge >= 0.3 is 0 Å². The van der Waals surface area contributed by atoms with E-state index in [0.29, 0.717) is 0 Å². The van der Waals surface area contributed by atoms with Crippen molar-refractivity contribution in [2.75, 3.05) is 0 Å². The molecule has 1 fully saturated rings. The molecule has 1 aliphatic rings. The number of rotatable bonds is 2. The second-order valence-corrected chi connectivity index (χ2v) is 4.63. The van der Waals surface area contributed by atoms with Crippen molar-refractivity contribution in [3.8, 4) is 0 Å². The van der Waals surface area contributed by atoms with Crippen LogP contribution in [-0.4, -0.2) is 0 Å². The van der Waals surface area contributed by atoms with Crippen LogP contribution in [0.1, 0.15) is 30.0 Å². The summed E-state index contributed by atoms with van der Waals surface area (Å²) in [5, 5.41) is 0. The van der Waals surface area contributed by atoms with Crippen LogP contribution in [0.15, 0.2) is 22.7 Å². The van der Waals surface area contributed by atoms with Crippen LogP contribution in [0.3, 0.4) is 0 Å². The third-order valence-electron chi connectivity index (χ3n) is 2.71. The van der Waals surface area contributed by atoms with Crippen molar-refractivity contribution in [2.24, 2.45) is 11.7 Å². The monoisotopic (exact) mass is 239 g/mol. The Bertz CT molecular complexity index is 318. The summed E-state index contributed by atoms with van der Waals surface area (Å²) in [6.45, 7) is 2.10. The number of benzene rings is 1. The lowest BCUT2D eigenvalue weighted by Gasteiger charge is -2.13. The van der Waals surface area contributed by atoms with Gasteiger partial charge in [-0.25, -0.2) is 0 Å². The first-order valence-corrected chi connectivity index (χ1v) is 5.50. The zero-order valence-electron chi connectivity index (χ0n) is 7.76. The standard InChI is InChI=1S/C11H14BrN/c1-7-3-2-4-9(10(7)12)11(13)8-5-6-8/h2-4,8,11H,5-6,13H2,1H3/t11-/m0/s1. The molecule has 0 aromatic heterocycles. The van der Waals surface area contributed by atoms with Crippen molar-refractivity contribution < 1.29 is 0 Å². The minimum atomic E-state index is 0.231. The van der Waals surface area contributed by atoms with Gasteiger partial charge in [-0.15, -0.1) is 0 Å². The van der Waals surface area contributed by atoms with Gasteiger partial charge in [0.25, 0.3) is 0 Å². The fourth-order valence-electron chi connectivity index (χ4n) is 1.64. The average molecular weight is 240 g/mol. The molecule has 1 atom stereocenters. The molecular formula is C11H14BrN. The summed E-state index contributed by atoms with van der Waals surface area (Å²) >= 11 is 3.60. The van der Waals surface area contributed by atoms with Crippen molar-refractivity contribution in [2.45, 2.75) is 25.8 Å². The molecule has 1 saturated carbocycles. The predicted molar refractivity (Wildman–Crippen MR) is 58.5 cm³/mol. The van der Waals surface area contributed by atoms with Crippen LogP contribution in [0, 0.1) is 12.8 Å². The number of hydrogen-bond acceptors (Lipinski definition) is 1. The summed E-state index contributed by atoms with van der Waals surface area (Å²) in [5.41, 5.74) is 8.68. The topological polar surface area (TPSA) is 26.0 Å². The van der Waals surface area contributed by atoms with E-state index < -0.39 is 0 Å². The van der Waals surface area contributed by atoms with Crippen molar-refractivity contribution >= 4 is 15.9 Å². The summed E-state index contributed by atoms with van der Waals surface area (Å²) < 4.78 is 1.19. The molecule has 0 saturated heterocycles. The normalized spacial score (nSPS) is 18.7. The van der Waals surface area contributed by atoms with Gasteiger partial charge in [-0.2, -0.15) is 0 Å². The molecule has 1 aromatic rings. The second kappa shape index (κ2) is 3.43. The summed E-state index contributed by atoms with van der Waals surface area (Å²) in [4.78, 5) is 0. The maximum absolute atomic E-state index is 6.14. The molecule has 0 heterocycles. The first kappa shape index (κ1) is 9.22. The molecule has 13 heavy (non-hydrogen) atoms. The van der Waals surface area contributed by atoms with E-state index in [-0.39, 0.29) is 6.04 Å². The highest BCUT2D eigenvalue weighted by Gasteiger charge is 2.30. The van der Waals surface area contributed by atoms with Gasteiger partial charge in [-0.3, -0.25) is 0 Å². The van der Waals surface area contributed by atoms with E-state index in [4.69, 9.17) is 5.73 Å². The van der Waals surface area contributed by atoms with E-state index in [1.807, 2.05) is 0 Å². The number of hydrogen-bond donors (Lipinski definition) is 1.